The number of carbonyl (C=O) groups excluding carboxylic acids is 1. The van der Waals surface area contributed by atoms with Gasteiger partial charge in [0.1, 0.15) is 10.4 Å². The molecule has 0 bridgehead atoms. The number of rotatable bonds is 5. The molecule has 16 heteroatoms. The van der Waals surface area contributed by atoms with Crippen molar-refractivity contribution >= 4 is 21.2 Å². The van der Waals surface area contributed by atoms with E-state index in [1.165, 1.54) is 24.4 Å². The number of sulfone groups is 1. The molecule has 1 atom stereocenters. The lowest BCUT2D eigenvalue weighted by atomic mass is 9.91. The number of nitrogens with one attached hydrogen (secondary N) is 1. The first-order chi connectivity index (χ1) is 19.2. The number of nitrogens with zero attached hydrogens (tertiary/aromatic N) is 5. The summed E-state index contributed by atoms with van der Waals surface area (Å²) in [5.74, 6) is -2.94. The predicted molar refractivity (Wildman–Crippen MR) is 134 cm³/mol. The molecule has 0 amide bonds. The summed E-state index contributed by atoms with van der Waals surface area (Å²) in [5, 5.41) is 23.0. The van der Waals surface area contributed by atoms with Crippen LogP contribution in [0.4, 0.5) is 13.2 Å². The Morgan fingerprint density at radius 1 is 1.17 bits per heavy atom. The van der Waals surface area contributed by atoms with Gasteiger partial charge in [-0.2, -0.15) is 23.4 Å². The number of allylic oxidation sites excluding steroid dienone is 3. The topological polar surface area (TPSA) is 191 Å². The Balaban J connectivity index is 1.54. The van der Waals surface area contributed by atoms with Crippen molar-refractivity contribution in [1.29, 1.82) is 5.26 Å². The highest BCUT2D eigenvalue weighted by Crippen LogP contribution is 2.34. The summed E-state index contributed by atoms with van der Waals surface area (Å²) in [7, 11) is -3.99. The van der Waals surface area contributed by atoms with Crippen LogP contribution < -0.4 is 11.1 Å². The lowest BCUT2D eigenvalue weighted by molar-refractivity contribution is -0.159. The molecule has 0 fully saturated rings. The molecule has 3 aromatic rings. The summed E-state index contributed by atoms with van der Waals surface area (Å²) in [5.41, 5.74) is 5.95. The van der Waals surface area contributed by atoms with Gasteiger partial charge in [0.25, 0.3) is 0 Å². The van der Waals surface area contributed by atoms with E-state index in [2.05, 4.69) is 36.2 Å². The van der Waals surface area contributed by atoms with Gasteiger partial charge >= 0.3 is 12.1 Å². The van der Waals surface area contributed by atoms with E-state index in [1.807, 2.05) is 0 Å². The minimum Gasteiger partial charge on any atom is -0.419 e. The quantitative estimate of drug-likeness (QED) is 0.444. The monoisotopic (exact) mass is 587 g/mol. The first kappa shape index (κ1) is 27.9. The summed E-state index contributed by atoms with van der Waals surface area (Å²) >= 11 is 0. The Kier molecular flexibility index (Phi) is 6.66. The van der Waals surface area contributed by atoms with E-state index >= 15 is 0 Å². The standard InChI is InChI=1S/C25H20F3N7O5S/c1-24(2,11-29)22-34-33-20(39-22)15-8-14(17-18(36)16(30)10-41(37,38)21(17)31-9-15)7-12-3-5-13(6-4-12)19-32-23(40-35-19)25(26,27)28/h3-6,8-9,16,31H,7,10,30H2,1-2H3/t16-/m0/s1. The fraction of sp³-hybridized carbons (Fsp3) is 0.280. The molecule has 0 aliphatic carbocycles. The van der Waals surface area contributed by atoms with Crippen LogP contribution in [0.5, 0.6) is 0 Å². The minimum absolute atomic E-state index is 0.0108. The summed E-state index contributed by atoms with van der Waals surface area (Å²) in [6.07, 6.45) is -1.98. The van der Waals surface area contributed by atoms with E-state index in [9.17, 15) is 31.6 Å². The average molecular weight is 588 g/mol. The highest BCUT2D eigenvalue weighted by molar-refractivity contribution is 7.95. The molecule has 41 heavy (non-hydrogen) atoms. The average Bonchev–Trinajstić information content (AvgIpc) is 3.56. The molecule has 0 unspecified atom stereocenters. The fourth-order valence-electron chi connectivity index (χ4n) is 4.11. The van der Waals surface area contributed by atoms with Crippen LogP contribution in [0.15, 0.2) is 61.7 Å². The van der Waals surface area contributed by atoms with Crippen molar-refractivity contribution in [2.75, 3.05) is 5.75 Å². The van der Waals surface area contributed by atoms with E-state index in [0.29, 0.717) is 5.56 Å². The van der Waals surface area contributed by atoms with Gasteiger partial charge in [-0.3, -0.25) is 4.79 Å². The number of halogens is 3. The van der Waals surface area contributed by atoms with Gasteiger partial charge in [0.05, 0.1) is 29.0 Å². The van der Waals surface area contributed by atoms with E-state index in [1.54, 1.807) is 26.0 Å². The van der Waals surface area contributed by atoms with E-state index in [4.69, 9.17) is 10.2 Å². The number of carbonyl (C=O) groups is 1. The van der Waals surface area contributed by atoms with Crippen molar-refractivity contribution in [3.05, 3.63) is 76.0 Å². The Hall–Kier alpha value is -4.62. The molecule has 2 aliphatic rings. The molecule has 0 saturated heterocycles. The second-order valence-corrected chi connectivity index (χ2v) is 11.8. The SMILES string of the molecule is CC(C)(C#N)c1nnc(C2=CNC3=C(C(=O)[C@@H](N)CS3(=O)=O)C(Cc3ccc(-c4noc(C(F)(F)F)n4)cc3)=C2)o1. The fourth-order valence-corrected chi connectivity index (χ4v) is 5.68. The number of hydrogen-bond donors (Lipinski definition) is 2. The zero-order chi connectivity index (χ0) is 29.7. The van der Waals surface area contributed by atoms with Crippen molar-refractivity contribution in [2.24, 2.45) is 5.73 Å². The normalized spacial score (nSPS) is 19.0. The first-order valence-electron chi connectivity index (χ1n) is 11.9. The van der Waals surface area contributed by atoms with Crippen LogP contribution >= 0.6 is 0 Å². The predicted octanol–water partition coefficient (Wildman–Crippen LogP) is 2.59. The van der Waals surface area contributed by atoms with Crippen LogP contribution in [0, 0.1) is 11.3 Å². The number of hydrogen-bond acceptors (Lipinski definition) is 12. The molecule has 5 rings (SSSR count). The number of alkyl halides is 3. The smallest absolute Gasteiger partial charge is 0.419 e. The Morgan fingerprint density at radius 3 is 2.51 bits per heavy atom. The van der Waals surface area contributed by atoms with Crippen molar-refractivity contribution < 1.29 is 35.3 Å². The van der Waals surface area contributed by atoms with Gasteiger partial charge in [0, 0.05) is 11.8 Å². The summed E-state index contributed by atoms with van der Waals surface area (Å²) in [4.78, 5) is 16.5. The third kappa shape index (κ3) is 5.28. The molecule has 0 spiro atoms. The number of Topliss-reactive ketones (excluding diaryl/α,β-unsaturated/α-hetero) is 1. The van der Waals surface area contributed by atoms with Crippen LogP contribution in [-0.2, 0) is 32.6 Å². The number of nitrogens with two attached hydrogens (primary N) is 1. The first-order valence-corrected chi connectivity index (χ1v) is 13.5. The molecule has 3 N–H and O–H groups in total. The number of nitriles is 1. The van der Waals surface area contributed by atoms with Gasteiger partial charge in [0.2, 0.25) is 17.6 Å². The molecule has 4 heterocycles. The lowest BCUT2D eigenvalue weighted by Crippen LogP contribution is -2.45. The molecule has 12 nitrogen and oxygen atoms in total. The van der Waals surface area contributed by atoms with Crippen molar-refractivity contribution in [3.63, 3.8) is 0 Å². The number of aromatic nitrogens is 4. The van der Waals surface area contributed by atoms with Crippen LogP contribution in [0.3, 0.4) is 0 Å². The minimum atomic E-state index is -4.79. The van der Waals surface area contributed by atoms with Gasteiger partial charge in [-0.25, -0.2) is 8.42 Å². The van der Waals surface area contributed by atoms with Crippen LogP contribution in [0.25, 0.3) is 17.0 Å². The third-order valence-corrected chi connectivity index (χ3v) is 8.03. The van der Waals surface area contributed by atoms with Crippen LogP contribution in [0.1, 0.15) is 37.1 Å². The van der Waals surface area contributed by atoms with Crippen molar-refractivity contribution in [2.45, 2.75) is 37.9 Å². The highest BCUT2D eigenvalue weighted by Gasteiger charge is 2.40. The molecular weight excluding hydrogens is 567 g/mol. The van der Waals surface area contributed by atoms with E-state index in [-0.39, 0.29) is 51.3 Å². The Morgan fingerprint density at radius 2 is 1.88 bits per heavy atom. The second kappa shape index (κ2) is 9.78. The van der Waals surface area contributed by atoms with Gasteiger partial charge < -0.3 is 20.0 Å². The van der Waals surface area contributed by atoms with Gasteiger partial charge in [-0.05, 0) is 37.5 Å². The maximum absolute atomic E-state index is 13.2. The Labute approximate surface area is 230 Å². The largest absolute Gasteiger partial charge is 0.471 e. The number of benzene rings is 1. The number of ketones is 1. The van der Waals surface area contributed by atoms with Gasteiger partial charge in [-0.1, -0.05) is 29.4 Å². The molecule has 1 aromatic carbocycles. The molecule has 2 aromatic heterocycles. The van der Waals surface area contributed by atoms with Gasteiger partial charge in [-0.15, -0.1) is 10.2 Å². The van der Waals surface area contributed by atoms with Crippen LogP contribution in [-0.4, -0.2) is 46.3 Å². The molecular formula is C25H20F3N7O5S. The molecule has 0 radical (unpaired) electrons. The summed E-state index contributed by atoms with van der Waals surface area (Å²) in [6.45, 7) is 3.17. The molecule has 0 saturated carbocycles. The zero-order valence-corrected chi connectivity index (χ0v) is 22.2. The maximum Gasteiger partial charge on any atom is 0.471 e. The summed E-state index contributed by atoms with van der Waals surface area (Å²) in [6, 6.07) is 6.80. The van der Waals surface area contributed by atoms with Crippen LogP contribution in [0.2, 0.25) is 0 Å². The molecule has 212 valence electrons. The van der Waals surface area contributed by atoms with Gasteiger partial charge in [0.15, 0.2) is 15.6 Å². The van der Waals surface area contributed by atoms with Crippen molar-refractivity contribution in [1.82, 2.24) is 25.7 Å². The zero-order valence-electron chi connectivity index (χ0n) is 21.4. The molecule has 2 aliphatic heterocycles. The van der Waals surface area contributed by atoms with E-state index in [0.717, 1.165) is 0 Å². The Bertz CT molecular complexity index is 1790. The van der Waals surface area contributed by atoms with E-state index < -0.39 is 44.9 Å². The summed E-state index contributed by atoms with van der Waals surface area (Å²) < 4.78 is 74.5. The maximum atomic E-state index is 13.2. The second-order valence-electron chi connectivity index (χ2n) is 9.81. The lowest BCUT2D eigenvalue weighted by Gasteiger charge is -2.24. The highest BCUT2D eigenvalue weighted by atomic mass is 32.2. The third-order valence-electron chi connectivity index (χ3n) is 6.29. The van der Waals surface area contributed by atoms with Crippen molar-refractivity contribution in [3.8, 4) is 17.5 Å².